The number of anilines is 1. The van der Waals surface area contributed by atoms with Crippen molar-refractivity contribution in [2.24, 2.45) is 11.5 Å². The number of carboxylic acids is 2. The molecule has 0 aliphatic carbocycles. The summed E-state index contributed by atoms with van der Waals surface area (Å²) in [5.41, 5.74) is 14.3. The molecular formula is C21H22F3N3O6. The van der Waals surface area contributed by atoms with Gasteiger partial charge < -0.3 is 31.8 Å². The largest absolute Gasteiger partial charge is 0.480 e. The normalized spacial score (nSPS) is 11.4. The Balaban J connectivity index is 0.000000283. The van der Waals surface area contributed by atoms with Crippen molar-refractivity contribution in [3.05, 3.63) is 76.1 Å². The molecule has 0 aliphatic heterocycles. The van der Waals surface area contributed by atoms with E-state index >= 15 is 0 Å². The molecule has 12 heteroatoms. The van der Waals surface area contributed by atoms with Crippen LogP contribution in [0.15, 0.2) is 63.8 Å². The van der Waals surface area contributed by atoms with Crippen molar-refractivity contribution in [2.45, 2.75) is 18.6 Å². The van der Waals surface area contributed by atoms with E-state index in [1.807, 2.05) is 30.3 Å². The lowest BCUT2D eigenvalue weighted by Gasteiger charge is -2.08. The first kappa shape index (κ1) is 27.1. The van der Waals surface area contributed by atoms with E-state index in [0.29, 0.717) is 12.5 Å². The molecule has 0 radical (unpaired) electrons. The number of alkyl halides is 3. The number of hydrogen-bond acceptors (Lipinski definition) is 7. The van der Waals surface area contributed by atoms with Gasteiger partial charge in [0.25, 0.3) is 0 Å². The van der Waals surface area contributed by atoms with Gasteiger partial charge >= 0.3 is 23.7 Å². The van der Waals surface area contributed by atoms with Gasteiger partial charge in [-0.15, -0.1) is 0 Å². The summed E-state index contributed by atoms with van der Waals surface area (Å²) in [6.07, 6.45) is -4.21. The fourth-order valence-corrected chi connectivity index (χ4v) is 2.37. The first-order valence-electron chi connectivity index (χ1n) is 9.20. The predicted molar refractivity (Wildman–Crippen MR) is 114 cm³/mol. The van der Waals surface area contributed by atoms with Gasteiger partial charge in [-0.3, -0.25) is 9.59 Å². The van der Waals surface area contributed by atoms with E-state index in [0.717, 1.165) is 5.56 Å². The number of carbonyl (C=O) groups is 2. The van der Waals surface area contributed by atoms with Crippen LogP contribution in [0.2, 0.25) is 0 Å². The molecule has 0 fully saturated rings. The Hall–Kier alpha value is -3.90. The van der Waals surface area contributed by atoms with Crippen molar-refractivity contribution in [3.63, 3.8) is 0 Å². The van der Waals surface area contributed by atoms with E-state index in [1.165, 1.54) is 18.2 Å². The lowest BCUT2D eigenvalue weighted by atomic mass is 10.1. The highest BCUT2D eigenvalue weighted by molar-refractivity contribution is 5.83. The molecule has 9 nitrogen and oxygen atoms in total. The van der Waals surface area contributed by atoms with Crippen LogP contribution < -0.4 is 22.8 Å². The summed E-state index contributed by atoms with van der Waals surface area (Å²) in [5, 5.41) is 15.9. The molecule has 178 valence electrons. The Labute approximate surface area is 185 Å². The Morgan fingerprint density at radius 3 is 2.09 bits per heavy atom. The first-order valence-corrected chi connectivity index (χ1v) is 9.20. The number of hydrogen-bond donors (Lipinski definition) is 5. The van der Waals surface area contributed by atoms with E-state index in [1.54, 1.807) is 0 Å². The molecule has 0 amide bonds. The van der Waals surface area contributed by atoms with Crippen molar-refractivity contribution in [3.8, 4) is 0 Å². The Bertz CT molecular complexity index is 1130. The van der Waals surface area contributed by atoms with E-state index in [9.17, 15) is 27.6 Å². The second kappa shape index (κ2) is 12.2. The molecule has 33 heavy (non-hydrogen) atoms. The average molecular weight is 469 g/mol. The van der Waals surface area contributed by atoms with Crippen LogP contribution in [0.4, 0.5) is 18.9 Å². The van der Waals surface area contributed by atoms with Crippen LogP contribution in [0, 0.1) is 0 Å². The summed E-state index contributed by atoms with van der Waals surface area (Å²) in [6.45, 7) is -0.278. The summed E-state index contributed by atoms with van der Waals surface area (Å²) in [7, 11) is 0. The Morgan fingerprint density at radius 1 is 1.03 bits per heavy atom. The van der Waals surface area contributed by atoms with E-state index in [2.05, 4.69) is 10.2 Å². The molecule has 0 aliphatic rings. The van der Waals surface area contributed by atoms with Gasteiger partial charge in [0.1, 0.15) is 11.6 Å². The fourth-order valence-electron chi connectivity index (χ4n) is 2.37. The number of fused-ring (bicyclic) bond motifs is 1. The Kier molecular flexibility index (Phi) is 10.0. The minimum atomic E-state index is -4.59. The van der Waals surface area contributed by atoms with Crippen LogP contribution in [0.1, 0.15) is 11.1 Å². The zero-order chi connectivity index (χ0) is 25.2. The maximum atomic E-state index is 12.6. The highest BCUT2D eigenvalue weighted by atomic mass is 19.4. The molecule has 1 heterocycles. The highest BCUT2D eigenvalue weighted by Crippen LogP contribution is 2.34. The lowest BCUT2D eigenvalue weighted by molar-refractivity contribution is -0.138. The first-order chi connectivity index (χ1) is 15.3. The molecule has 0 saturated carbocycles. The Morgan fingerprint density at radius 2 is 1.61 bits per heavy atom. The smallest absolute Gasteiger partial charge is 0.417 e. The zero-order valence-corrected chi connectivity index (χ0v) is 17.1. The molecule has 0 spiro atoms. The topological polar surface area (TPSA) is 183 Å². The number of rotatable bonds is 4. The summed E-state index contributed by atoms with van der Waals surface area (Å²) in [6, 6.07) is 12.7. The molecule has 1 aromatic heterocycles. The third-order valence-electron chi connectivity index (χ3n) is 3.86. The fraction of sp³-hybridized carbons (Fsp3) is 0.190. The number of halogens is 3. The third-order valence-corrected chi connectivity index (χ3v) is 3.86. The summed E-state index contributed by atoms with van der Waals surface area (Å²) in [4.78, 5) is 30.6. The maximum Gasteiger partial charge on any atom is 0.417 e. The molecule has 3 rings (SSSR count). The van der Waals surface area contributed by atoms with Crippen LogP contribution in [0.3, 0.4) is 0 Å². The second-order valence-corrected chi connectivity index (χ2v) is 6.46. The zero-order valence-electron chi connectivity index (χ0n) is 17.1. The van der Waals surface area contributed by atoms with Crippen LogP contribution in [0.5, 0.6) is 0 Å². The lowest BCUT2D eigenvalue weighted by Crippen LogP contribution is -2.32. The number of aliphatic carboxylic acids is 2. The van der Waals surface area contributed by atoms with Gasteiger partial charge in [-0.05, 0) is 24.1 Å². The molecule has 0 saturated heterocycles. The van der Waals surface area contributed by atoms with Gasteiger partial charge in [0.15, 0.2) is 0 Å². The average Bonchev–Trinajstić information content (AvgIpc) is 2.73. The number of carboxylic acid groups (broad SMARTS) is 2. The number of benzene rings is 2. The standard InChI is InChI=1S/C10H6F3NO2.C9H11NO2.C2H5NO2/c11-10(12,13)7-4-9(15)16-8-3-5(14)1-2-6(7)8;10-8(9(11)12)6-7-4-2-1-3-5-7;3-1-2(4)5/h1-4H,14H2;1-5,8H,6,10H2,(H,11,12);1,3H2,(H,4,5). The van der Waals surface area contributed by atoms with Gasteiger partial charge in [0.05, 0.1) is 12.1 Å². The van der Waals surface area contributed by atoms with E-state index in [4.69, 9.17) is 21.7 Å². The summed E-state index contributed by atoms with van der Waals surface area (Å²) < 4.78 is 42.4. The molecule has 1 atom stereocenters. The SMILES string of the molecule is NC(Cc1ccccc1)C(=O)O.NCC(=O)O.Nc1ccc2c(C(F)(F)F)cc(=O)oc2c1. The quantitative estimate of drug-likeness (QED) is 0.282. The van der Waals surface area contributed by atoms with Crippen molar-refractivity contribution in [2.75, 3.05) is 12.3 Å². The van der Waals surface area contributed by atoms with Crippen LogP contribution in [-0.4, -0.2) is 34.7 Å². The minimum absolute atomic E-state index is 0.167. The number of nitrogen functional groups attached to an aromatic ring is 1. The van der Waals surface area contributed by atoms with Gasteiger partial charge in [-0.2, -0.15) is 13.2 Å². The third kappa shape index (κ3) is 9.41. The van der Waals surface area contributed by atoms with Crippen molar-refractivity contribution in [1.82, 2.24) is 0 Å². The van der Waals surface area contributed by atoms with E-state index < -0.39 is 35.3 Å². The molecule has 3 aromatic rings. The summed E-state index contributed by atoms with van der Waals surface area (Å²) in [5.74, 6) is -1.93. The van der Waals surface area contributed by atoms with Crippen molar-refractivity contribution < 1.29 is 37.4 Å². The van der Waals surface area contributed by atoms with Gasteiger partial charge in [-0.1, -0.05) is 30.3 Å². The van der Waals surface area contributed by atoms with Crippen molar-refractivity contribution in [1.29, 1.82) is 0 Å². The van der Waals surface area contributed by atoms with Gasteiger partial charge in [0.2, 0.25) is 0 Å². The summed E-state index contributed by atoms with van der Waals surface area (Å²) >= 11 is 0. The number of nitrogens with two attached hydrogens (primary N) is 3. The van der Waals surface area contributed by atoms with Crippen LogP contribution >= 0.6 is 0 Å². The highest BCUT2D eigenvalue weighted by Gasteiger charge is 2.33. The van der Waals surface area contributed by atoms with Crippen molar-refractivity contribution >= 4 is 28.6 Å². The monoisotopic (exact) mass is 469 g/mol. The molecule has 2 aromatic carbocycles. The minimum Gasteiger partial charge on any atom is -0.480 e. The maximum absolute atomic E-state index is 12.6. The van der Waals surface area contributed by atoms with Crippen LogP contribution in [0.25, 0.3) is 11.0 Å². The molecular weight excluding hydrogens is 447 g/mol. The van der Waals surface area contributed by atoms with Gasteiger partial charge in [-0.25, -0.2) is 4.79 Å². The molecule has 1 unspecified atom stereocenters. The second-order valence-electron chi connectivity index (χ2n) is 6.46. The molecule has 0 bridgehead atoms. The van der Waals surface area contributed by atoms with Gasteiger partial charge in [0, 0.05) is 23.2 Å². The molecule has 8 N–H and O–H groups in total. The van der Waals surface area contributed by atoms with Crippen LogP contribution in [-0.2, 0) is 22.2 Å². The van der Waals surface area contributed by atoms with E-state index in [-0.39, 0.29) is 23.2 Å². The predicted octanol–water partition coefficient (Wildman–Crippen LogP) is 2.06.